The number of rotatable bonds is 4. The number of aromatic nitrogens is 2. The van der Waals surface area contributed by atoms with Crippen LogP contribution in [0.2, 0.25) is 0 Å². The first-order valence-corrected chi connectivity index (χ1v) is 18.3. The molecule has 0 unspecified atom stereocenters. The molecular formula is C45H47N3S. The molecule has 0 bridgehead atoms. The van der Waals surface area contributed by atoms with Crippen LogP contribution in [0.4, 0.5) is 0 Å². The van der Waals surface area contributed by atoms with Gasteiger partial charge in [-0.05, 0) is 134 Å². The van der Waals surface area contributed by atoms with Gasteiger partial charge in [0, 0.05) is 36.5 Å². The molecule has 1 aliphatic heterocycles. The minimum atomic E-state index is -1.61. The minimum absolute atomic E-state index is 0.0228. The van der Waals surface area contributed by atoms with Crippen molar-refractivity contribution in [2.45, 2.75) is 97.2 Å². The minimum Gasteiger partial charge on any atom is -0.309 e. The van der Waals surface area contributed by atoms with Crippen molar-refractivity contribution in [1.29, 1.82) is 0 Å². The summed E-state index contributed by atoms with van der Waals surface area (Å²) in [5.74, 6) is 0.286. The van der Waals surface area contributed by atoms with Crippen LogP contribution >= 0.6 is 11.8 Å². The van der Waals surface area contributed by atoms with Crippen molar-refractivity contribution in [3.05, 3.63) is 130 Å². The number of hydrogen-bond acceptors (Lipinski definition) is 3. The van der Waals surface area contributed by atoms with Gasteiger partial charge in [0.15, 0.2) is 0 Å². The number of aryl methyl sites for hydroxylation is 2. The van der Waals surface area contributed by atoms with Crippen LogP contribution in [0.25, 0.3) is 38.8 Å². The zero-order chi connectivity index (χ0) is 36.4. The van der Waals surface area contributed by atoms with Crippen LogP contribution < -0.4 is 0 Å². The van der Waals surface area contributed by atoms with Gasteiger partial charge in [-0.15, -0.1) is 0 Å². The Kier molecular flexibility index (Phi) is 6.63. The summed E-state index contributed by atoms with van der Waals surface area (Å²) in [4.78, 5) is 10.2. The van der Waals surface area contributed by atoms with E-state index in [2.05, 4.69) is 146 Å². The Morgan fingerprint density at radius 3 is 2.39 bits per heavy atom. The summed E-state index contributed by atoms with van der Waals surface area (Å²) in [7, 11) is 0. The molecule has 3 heterocycles. The lowest BCUT2D eigenvalue weighted by Gasteiger charge is -2.31. The predicted octanol–water partition coefficient (Wildman–Crippen LogP) is 11.9. The Balaban J connectivity index is 1.34. The average Bonchev–Trinajstić information content (AvgIpc) is 3.60. The normalized spacial score (nSPS) is 22.0. The lowest BCUT2D eigenvalue weighted by Crippen LogP contribution is -2.36. The third-order valence-corrected chi connectivity index (χ3v) is 12.7. The van der Waals surface area contributed by atoms with E-state index in [1.54, 1.807) is 11.8 Å². The molecule has 0 saturated carbocycles. The third-order valence-electron chi connectivity index (χ3n) is 11.1. The number of benzene rings is 4. The molecule has 4 heteroatoms. The van der Waals surface area contributed by atoms with E-state index in [0.29, 0.717) is 0 Å². The Hall–Kier alpha value is -4.15. The summed E-state index contributed by atoms with van der Waals surface area (Å²) in [5.41, 5.74) is 13.3. The van der Waals surface area contributed by atoms with Crippen molar-refractivity contribution in [2.24, 2.45) is 4.99 Å². The second kappa shape index (κ2) is 10.9. The molecule has 2 atom stereocenters. The maximum atomic E-state index is 9.55. The molecular weight excluding hydrogens is 615 g/mol. The summed E-state index contributed by atoms with van der Waals surface area (Å²) in [6, 6.07) is 29.0. The van der Waals surface area contributed by atoms with E-state index in [-0.39, 0.29) is 11.3 Å². The number of nitrogens with zero attached hydrogens (tertiary/aromatic N) is 3. The van der Waals surface area contributed by atoms with E-state index in [1.165, 1.54) is 27.5 Å². The monoisotopic (exact) mass is 663 g/mol. The molecule has 4 aromatic carbocycles. The van der Waals surface area contributed by atoms with Gasteiger partial charge >= 0.3 is 0 Å². The lowest BCUT2D eigenvalue weighted by atomic mass is 9.87. The van der Waals surface area contributed by atoms with Gasteiger partial charge in [-0.2, -0.15) is 0 Å². The van der Waals surface area contributed by atoms with Gasteiger partial charge in [0.25, 0.3) is 0 Å². The highest BCUT2D eigenvalue weighted by atomic mass is 32.2. The van der Waals surface area contributed by atoms with Crippen molar-refractivity contribution >= 4 is 38.6 Å². The Bertz CT molecular complexity index is 2460. The molecule has 0 N–H and O–H groups in total. The van der Waals surface area contributed by atoms with Crippen molar-refractivity contribution in [2.75, 3.05) is 0 Å². The number of pyridine rings is 1. The first-order valence-electron chi connectivity index (χ1n) is 18.5. The van der Waals surface area contributed by atoms with Gasteiger partial charge in [0.1, 0.15) is 0 Å². The average molecular weight is 664 g/mol. The number of aliphatic imine (C=N–C) groups is 1. The van der Waals surface area contributed by atoms with Gasteiger partial charge in [0.2, 0.25) is 0 Å². The molecule has 2 aliphatic rings. The molecule has 6 aromatic rings. The maximum absolute atomic E-state index is 9.55. The molecule has 2 aromatic heterocycles. The molecule has 0 saturated heterocycles. The topological polar surface area (TPSA) is 30.2 Å². The number of hydrogen-bond donors (Lipinski definition) is 0. The smallest absolute Gasteiger partial charge is 0.0994 e. The van der Waals surface area contributed by atoms with Gasteiger partial charge in [-0.3, -0.25) is 9.98 Å². The predicted molar refractivity (Wildman–Crippen MR) is 211 cm³/mol. The molecule has 248 valence electrons. The van der Waals surface area contributed by atoms with E-state index >= 15 is 0 Å². The van der Waals surface area contributed by atoms with Gasteiger partial charge in [-0.25, -0.2) is 0 Å². The number of thioether (sulfide) groups is 1. The molecule has 0 fully saturated rings. The molecule has 1 aliphatic carbocycles. The molecule has 0 spiro atoms. The first-order chi connectivity index (χ1) is 23.9. The van der Waals surface area contributed by atoms with Crippen LogP contribution in [0, 0.1) is 20.8 Å². The molecule has 0 radical (unpaired) electrons. The SMILES string of the molecule is [2H]C1([2H])c2c(ccc(C)c2C)[C@]2(C)SC(c3cc(C(C)C)cc(-n4c5ccc(C)cc5c5ccc(-c6cc(C(C)(C)C)ccn6)cc54)c3)=N[C@]12C. The van der Waals surface area contributed by atoms with Crippen LogP contribution in [-0.4, -0.2) is 20.1 Å². The first kappa shape index (κ1) is 29.7. The maximum Gasteiger partial charge on any atom is 0.0994 e. The van der Waals surface area contributed by atoms with Crippen molar-refractivity contribution in [3.8, 4) is 16.9 Å². The lowest BCUT2D eigenvalue weighted by molar-refractivity contribution is 0.407. The van der Waals surface area contributed by atoms with Gasteiger partial charge in [0.05, 0.1) is 32.1 Å². The molecule has 0 amide bonds. The van der Waals surface area contributed by atoms with Crippen LogP contribution in [0.15, 0.2) is 90.1 Å². The van der Waals surface area contributed by atoms with Crippen LogP contribution in [0.5, 0.6) is 0 Å². The van der Waals surface area contributed by atoms with Gasteiger partial charge < -0.3 is 4.57 Å². The van der Waals surface area contributed by atoms with Crippen LogP contribution in [0.1, 0.15) is 102 Å². The van der Waals surface area contributed by atoms with E-state index in [0.717, 1.165) is 60.8 Å². The summed E-state index contributed by atoms with van der Waals surface area (Å²) in [6.07, 6.45) is 0.316. The summed E-state index contributed by atoms with van der Waals surface area (Å²) < 4.78 is 21.0. The Morgan fingerprint density at radius 1 is 0.837 bits per heavy atom. The fraction of sp³-hybridized carbons (Fsp3) is 0.333. The molecule has 8 rings (SSSR count). The highest BCUT2D eigenvalue weighted by Crippen LogP contribution is 2.60. The van der Waals surface area contributed by atoms with Crippen molar-refractivity contribution in [1.82, 2.24) is 9.55 Å². The third kappa shape index (κ3) is 4.93. The van der Waals surface area contributed by atoms with Crippen LogP contribution in [-0.2, 0) is 16.5 Å². The van der Waals surface area contributed by atoms with Crippen molar-refractivity contribution < 1.29 is 2.74 Å². The highest BCUT2D eigenvalue weighted by Gasteiger charge is 2.57. The zero-order valence-electron chi connectivity index (χ0n) is 32.4. The van der Waals surface area contributed by atoms with Gasteiger partial charge in [-0.1, -0.05) is 82.3 Å². The molecule has 49 heavy (non-hydrogen) atoms. The standard InChI is InChI=1S/C45H47N3S/c1-26(2)31-20-32(42-47-44(9)25-37-29(5)28(4)12-15-38(37)45(44,10)49-42)22-34(21-31)48-40-16-11-27(3)19-36(40)35-14-13-30(23-41(35)48)39-24-33(17-18-46-39)43(6,7)8/h11-24,26H,25H2,1-10H3/t44-,45+/m1/s1/i25D2. The quantitative estimate of drug-likeness (QED) is 0.188. The number of fused-ring (bicyclic) bond motifs is 6. The fourth-order valence-electron chi connectivity index (χ4n) is 7.68. The molecule has 3 nitrogen and oxygen atoms in total. The summed E-state index contributed by atoms with van der Waals surface area (Å²) >= 11 is 1.73. The van der Waals surface area contributed by atoms with E-state index in [9.17, 15) is 2.74 Å². The van der Waals surface area contributed by atoms with Crippen molar-refractivity contribution in [3.63, 3.8) is 0 Å². The van der Waals surface area contributed by atoms with Crippen LogP contribution in [0.3, 0.4) is 0 Å². The van der Waals surface area contributed by atoms with E-state index in [4.69, 9.17) is 9.98 Å². The summed E-state index contributed by atoms with van der Waals surface area (Å²) in [6.45, 7) is 21.7. The Morgan fingerprint density at radius 2 is 1.63 bits per heavy atom. The second-order valence-electron chi connectivity index (χ2n) is 15.9. The highest BCUT2D eigenvalue weighted by molar-refractivity contribution is 8.15. The fourth-order valence-corrected chi connectivity index (χ4v) is 9.10. The van der Waals surface area contributed by atoms with E-state index < -0.39 is 16.7 Å². The Labute approximate surface area is 298 Å². The zero-order valence-corrected chi connectivity index (χ0v) is 31.2. The largest absolute Gasteiger partial charge is 0.309 e. The van der Waals surface area contributed by atoms with E-state index in [1.807, 2.05) is 13.1 Å². The second-order valence-corrected chi connectivity index (χ2v) is 17.3. The summed E-state index contributed by atoms with van der Waals surface area (Å²) in [5, 5.41) is 3.33.